The Bertz CT molecular complexity index is 1050. The molecule has 140 valence electrons. The van der Waals surface area contributed by atoms with E-state index in [1.165, 1.54) is 10.9 Å². The van der Waals surface area contributed by atoms with E-state index in [9.17, 15) is 13.6 Å². The molecule has 0 aliphatic carbocycles. The molecule has 1 aromatic carbocycles. The molecule has 3 heterocycles. The van der Waals surface area contributed by atoms with Crippen LogP contribution in [-0.2, 0) is 7.05 Å². The summed E-state index contributed by atoms with van der Waals surface area (Å²) in [7, 11) is 1.69. The standard InChI is InChI=1S/C18H18F2N6O/c1-25-6-4-21-17(18(25)27)26-5-2-3-11(9-26)24-16-12-7-13(19)14(20)8-15(12)22-10-23-16/h4,6-8,10-11H,2-3,5,9H2,1H3,(H,22,23,24)/t11-/m1/s1. The summed E-state index contributed by atoms with van der Waals surface area (Å²) < 4.78 is 28.6. The summed E-state index contributed by atoms with van der Waals surface area (Å²) in [5, 5.41) is 3.70. The van der Waals surface area contributed by atoms with Crippen LogP contribution in [0.5, 0.6) is 0 Å². The van der Waals surface area contributed by atoms with E-state index in [2.05, 4.69) is 20.3 Å². The number of piperidine rings is 1. The first kappa shape index (κ1) is 17.3. The third-order valence-electron chi connectivity index (χ3n) is 4.74. The summed E-state index contributed by atoms with van der Waals surface area (Å²) in [6.45, 7) is 1.29. The number of anilines is 2. The van der Waals surface area contributed by atoms with Gasteiger partial charge < -0.3 is 14.8 Å². The van der Waals surface area contributed by atoms with Crippen molar-refractivity contribution in [3.63, 3.8) is 0 Å². The van der Waals surface area contributed by atoms with Crippen molar-refractivity contribution in [2.75, 3.05) is 23.3 Å². The lowest BCUT2D eigenvalue weighted by atomic mass is 10.1. The highest BCUT2D eigenvalue weighted by molar-refractivity contribution is 5.89. The van der Waals surface area contributed by atoms with Crippen LogP contribution in [0.4, 0.5) is 20.4 Å². The van der Waals surface area contributed by atoms with Crippen LogP contribution in [0.1, 0.15) is 12.8 Å². The predicted molar refractivity (Wildman–Crippen MR) is 97.8 cm³/mol. The number of nitrogens with one attached hydrogen (secondary N) is 1. The van der Waals surface area contributed by atoms with Gasteiger partial charge in [0.15, 0.2) is 17.5 Å². The first-order valence-electron chi connectivity index (χ1n) is 8.66. The van der Waals surface area contributed by atoms with Gasteiger partial charge in [-0.3, -0.25) is 4.79 Å². The number of hydrogen-bond acceptors (Lipinski definition) is 6. The van der Waals surface area contributed by atoms with Gasteiger partial charge in [-0.2, -0.15) is 0 Å². The topological polar surface area (TPSA) is 75.9 Å². The van der Waals surface area contributed by atoms with E-state index in [4.69, 9.17) is 0 Å². The molecule has 0 bridgehead atoms. The van der Waals surface area contributed by atoms with Crippen molar-refractivity contribution >= 4 is 22.5 Å². The zero-order valence-corrected chi connectivity index (χ0v) is 14.7. The molecular formula is C18H18F2N6O. The minimum atomic E-state index is -0.943. The third kappa shape index (κ3) is 3.32. The number of rotatable bonds is 3. The van der Waals surface area contributed by atoms with E-state index in [0.717, 1.165) is 31.5 Å². The van der Waals surface area contributed by atoms with Crippen LogP contribution in [-0.4, -0.2) is 38.7 Å². The van der Waals surface area contributed by atoms with Crippen LogP contribution < -0.4 is 15.8 Å². The first-order chi connectivity index (χ1) is 13.0. The molecule has 0 spiro atoms. The highest BCUT2D eigenvalue weighted by Crippen LogP contribution is 2.24. The number of aromatic nitrogens is 4. The first-order valence-corrected chi connectivity index (χ1v) is 8.66. The van der Waals surface area contributed by atoms with Gasteiger partial charge in [0.05, 0.1) is 5.52 Å². The van der Waals surface area contributed by atoms with Crippen molar-refractivity contribution in [2.24, 2.45) is 7.05 Å². The highest BCUT2D eigenvalue weighted by Gasteiger charge is 2.24. The summed E-state index contributed by atoms with van der Waals surface area (Å²) in [5.41, 5.74) is 0.181. The Morgan fingerprint density at radius 2 is 2.00 bits per heavy atom. The number of halogens is 2. The maximum Gasteiger partial charge on any atom is 0.293 e. The van der Waals surface area contributed by atoms with Crippen molar-refractivity contribution < 1.29 is 8.78 Å². The zero-order valence-electron chi connectivity index (χ0n) is 14.7. The van der Waals surface area contributed by atoms with Gasteiger partial charge in [0.25, 0.3) is 5.56 Å². The molecule has 7 nitrogen and oxygen atoms in total. The van der Waals surface area contributed by atoms with Crippen molar-refractivity contribution in [3.8, 4) is 0 Å². The second-order valence-corrected chi connectivity index (χ2v) is 6.60. The van der Waals surface area contributed by atoms with Crippen molar-refractivity contribution in [1.82, 2.24) is 19.5 Å². The molecule has 1 saturated heterocycles. The highest BCUT2D eigenvalue weighted by atomic mass is 19.2. The Kier molecular flexibility index (Phi) is 4.43. The molecule has 4 rings (SSSR count). The number of fused-ring (bicyclic) bond motifs is 1. The maximum absolute atomic E-state index is 13.7. The van der Waals surface area contributed by atoms with E-state index in [0.29, 0.717) is 29.1 Å². The molecule has 1 atom stereocenters. The van der Waals surface area contributed by atoms with Gasteiger partial charge in [0.2, 0.25) is 0 Å². The smallest absolute Gasteiger partial charge is 0.293 e. The zero-order chi connectivity index (χ0) is 19.0. The molecule has 9 heteroatoms. The fourth-order valence-corrected chi connectivity index (χ4v) is 3.35. The SMILES string of the molecule is Cn1ccnc(N2CCC[C@@H](Nc3ncnc4cc(F)c(F)cc34)C2)c1=O. The fourth-order valence-electron chi connectivity index (χ4n) is 3.35. The lowest BCUT2D eigenvalue weighted by molar-refractivity contribution is 0.510. The molecule has 2 aromatic heterocycles. The van der Waals surface area contributed by atoms with Gasteiger partial charge in [-0.25, -0.2) is 23.7 Å². The van der Waals surface area contributed by atoms with E-state index < -0.39 is 11.6 Å². The molecule has 0 amide bonds. The number of hydrogen-bond donors (Lipinski definition) is 1. The second kappa shape index (κ2) is 6.90. The number of aryl methyl sites for hydroxylation is 1. The summed E-state index contributed by atoms with van der Waals surface area (Å²) in [5.74, 6) is -1.03. The van der Waals surface area contributed by atoms with E-state index in [-0.39, 0.29) is 11.6 Å². The van der Waals surface area contributed by atoms with Gasteiger partial charge >= 0.3 is 0 Å². The van der Waals surface area contributed by atoms with Gasteiger partial charge in [-0.1, -0.05) is 0 Å². The van der Waals surface area contributed by atoms with Crippen molar-refractivity contribution in [2.45, 2.75) is 18.9 Å². The quantitative estimate of drug-likeness (QED) is 0.759. The third-order valence-corrected chi connectivity index (χ3v) is 4.74. The molecule has 3 aromatic rings. The van der Waals surface area contributed by atoms with Crippen LogP contribution in [0.3, 0.4) is 0 Å². The van der Waals surface area contributed by atoms with Gasteiger partial charge in [0.1, 0.15) is 12.1 Å². The second-order valence-electron chi connectivity index (χ2n) is 6.60. The molecule has 1 N–H and O–H groups in total. The summed E-state index contributed by atoms with van der Waals surface area (Å²) in [6.07, 6.45) is 6.26. The molecule has 0 radical (unpaired) electrons. The molecule has 1 aliphatic heterocycles. The van der Waals surface area contributed by atoms with E-state index in [1.807, 2.05) is 4.90 Å². The predicted octanol–water partition coefficient (Wildman–Crippen LogP) is 2.08. The molecule has 1 fully saturated rings. The van der Waals surface area contributed by atoms with Crippen LogP contribution in [0.25, 0.3) is 10.9 Å². The van der Waals surface area contributed by atoms with Crippen molar-refractivity contribution in [1.29, 1.82) is 0 Å². The van der Waals surface area contributed by atoms with Gasteiger partial charge in [0, 0.05) is 50.0 Å². The van der Waals surface area contributed by atoms with Crippen LogP contribution in [0.2, 0.25) is 0 Å². The summed E-state index contributed by atoms with van der Waals surface area (Å²) in [4.78, 5) is 26.7. The summed E-state index contributed by atoms with van der Waals surface area (Å²) in [6, 6.07) is 2.14. The molecular weight excluding hydrogens is 354 g/mol. The Balaban J connectivity index is 1.60. The molecule has 27 heavy (non-hydrogen) atoms. The maximum atomic E-state index is 13.7. The Labute approximate surface area is 153 Å². The monoisotopic (exact) mass is 372 g/mol. The minimum Gasteiger partial charge on any atom is -0.365 e. The van der Waals surface area contributed by atoms with E-state index in [1.54, 1.807) is 19.4 Å². The Morgan fingerprint density at radius 3 is 2.85 bits per heavy atom. The lowest BCUT2D eigenvalue weighted by Crippen LogP contribution is -2.45. The normalized spacial score (nSPS) is 17.3. The average Bonchev–Trinajstić information content (AvgIpc) is 2.66. The van der Waals surface area contributed by atoms with Crippen LogP contribution >= 0.6 is 0 Å². The molecule has 1 aliphatic rings. The van der Waals surface area contributed by atoms with Crippen LogP contribution in [0, 0.1) is 11.6 Å². The van der Waals surface area contributed by atoms with Crippen molar-refractivity contribution in [3.05, 3.63) is 52.8 Å². The lowest BCUT2D eigenvalue weighted by Gasteiger charge is -2.33. The minimum absolute atomic E-state index is 0.0170. The Hall–Kier alpha value is -3.10. The largest absolute Gasteiger partial charge is 0.365 e. The average molecular weight is 372 g/mol. The van der Waals surface area contributed by atoms with E-state index >= 15 is 0 Å². The fraction of sp³-hybridized carbons (Fsp3) is 0.333. The number of nitrogens with zero attached hydrogens (tertiary/aromatic N) is 5. The van der Waals surface area contributed by atoms with Gasteiger partial charge in [-0.05, 0) is 18.9 Å². The Morgan fingerprint density at radius 1 is 1.19 bits per heavy atom. The van der Waals surface area contributed by atoms with Gasteiger partial charge in [-0.15, -0.1) is 0 Å². The summed E-state index contributed by atoms with van der Waals surface area (Å²) >= 11 is 0. The number of benzene rings is 1. The van der Waals surface area contributed by atoms with Crippen LogP contribution in [0.15, 0.2) is 35.6 Å². The molecule has 0 unspecified atom stereocenters. The molecule has 0 saturated carbocycles.